The molecule has 0 radical (unpaired) electrons. The lowest BCUT2D eigenvalue weighted by Gasteiger charge is -2.22. The largest absolute Gasteiger partial charge is 0.313 e. The summed E-state index contributed by atoms with van der Waals surface area (Å²) in [5, 5.41) is 4.63. The van der Waals surface area contributed by atoms with Crippen molar-refractivity contribution in [3.63, 3.8) is 0 Å². The molecule has 118 valence electrons. The predicted octanol–water partition coefficient (Wildman–Crippen LogP) is 4.81. The minimum atomic E-state index is 0.612. The number of hydrogen-bond acceptors (Lipinski definition) is 2. The minimum absolute atomic E-state index is 0.612. The van der Waals surface area contributed by atoms with Crippen molar-refractivity contribution in [1.29, 1.82) is 0 Å². The highest BCUT2D eigenvalue weighted by Crippen LogP contribution is 2.30. The fraction of sp³-hybridized carbons (Fsp3) is 0.684. The number of likely N-dealkylation sites (N-methyl/N-ethyl adjacent to an activating group) is 1. The summed E-state index contributed by atoms with van der Waals surface area (Å²) in [5.74, 6) is 1.26. The standard InChI is InChI=1S/C19H31NS/c1-5-20-17(13-21-18-8-6-7-9-18)12-19-15(3)10-14(2)11-16(19)4/h10-11,17-18,20H,5-9,12-13H2,1-4H3. The summed E-state index contributed by atoms with van der Waals surface area (Å²) in [6, 6.07) is 5.27. The van der Waals surface area contributed by atoms with Gasteiger partial charge >= 0.3 is 0 Å². The van der Waals surface area contributed by atoms with E-state index in [0.29, 0.717) is 6.04 Å². The first kappa shape index (κ1) is 16.9. The number of aryl methyl sites for hydroxylation is 3. The third-order valence-corrected chi connectivity index (χ3v) is 6.16. The molecular formula is C19H31NS. The van der Waals surface area contributed by atoms with Crippen molar-refractivity contribution in [3.05, 3.63) is 34.4 Å². The summed E-state index contributed by atoms with van der Waals surface area (Å²) in [6.45, 7) is 10.0. The SMILES string of the molecule is CCNC(CSC1CCCC1)Cc1c(C)cc(C)cc1C. The van der Waals surface area contributed by atoms with Gasteiger partial charge in [-0.05, 0) is 63.3 Å². The van der Waals surface area contributed by atoms with Crippen molar-refractivity contribution in [3.8, 4) is 0 Å². The van der Waals surface area contributed by atoms with E-state index in [1.165, 1.54) is 54.5 Å². The summed E-state index contributed by atoms with van der Waals surface area (Å²) in [4.78, 5) is 0. The molecule has 2 rings (SSSR count). The highest BCUT2D eigenvalue weighted by Gasteiger charge is 2.18. The molecule has 0 aromatic heterocycles. The summed E-state index contributed by atoms with van der Waals surface area (Å²) >= 11 is 2.20. The van der Waals surface area contributed by atoms with Crippen LogP contribution in [0.15, 0.2) is 12.1 Å². The molecule has 1 aliphatic rings. The van der Waals surface area contributed by atoms with Gasteiger partial charge in [-0.3, -0.25) is 0 Å². The van der Waals surface area contributed by atoms with E-state index >= 15 is 0 Å². The van der Waals surface area contributed by atoms with Crippen LogP contribution in [0.5, 0.6) is 0 Å². The van der Waals surface area contributed by atoms with Gasteiger partial charge in [0.25, 0.3) is 0 Å². The molecule has 1 aliphatic carbocycles. The van der Waals surface area contributed by atoms with Crippen molar-refractivity contribution in [2.45, 2.75) is 71.1 Å². The topological polar surface area (TPSA) is 12.0 Å². The summed E-state index contributed by atoms with van der Waals surface area (Å²) < 4.78 is 0. The molecule has 0 spiro atoms. The Bertz CT molecular complexity index is 426. The van der Waals surface area contributed by atoms with E-state index in [1.54, 1.807) is 5.56 Å². The third kappa shape index (κ3) is 5.03. The van der Waals surface area contributed by atoms with Gasteiger partial charge in [0.1, 0.15) is 0 Å². The molecule has 1 unspecified atom stereocenters. The Labute approximate surface area is 135 Å². The fourth-order valence-electron chi connectivity index (χ4n) is 3.56. The van der Waals surface area contributed by atoms with Crippen LogP contribution in [0.2, 0.25) is 0 Å². The fourth-order valence-corrected chi connectivity index (χ4v) is 4.97. The highest BCUT2D eigenvalue weighted by molar-refractivity contribution is 7.99. The zero-order valence-corrected chi connectivity index (χ0v) is 15.0. The Kier molecular flexibility index (Phi) is 6.63. The van der Waals surface area contributed by atoms with Crippen molar-refractivity contribution in [2.75, 3.05) is 12.3 Å². The first-order chi connectivity index (χ1) is 10.1. The number of thioether (sulfide) groups is 1. The molecule has 0 aliphatic heterocycles. The van der Waals surface area contributed by atoms with Crippen LogP contribution in [0, 0.1) is 20.8 Å². The van der Waals surface area contributed by atoms with E-state index in [2.05, 4.69) is 56.9 Å². The first-order valence-electron chi connectivity index (χ1n) is 8.51. The van der Waals surface area contributed by atoms with Crippen molar-refractivity contribution in [2.24, 2.45) is 0 Å². The lowest BCUT2D eigenvalue weighted by Crippen LogP contribution is -2.34. The van der Waals surface area contributed by atoms with Crippen LogP contribution < -0.4 is 5.32 Å². The Morgan fingerprint density at radius 3 is 2.33 bits per heavy atom. The molecule has 1 aromatic carbocycles. The smallest absolute Gasteiger partial charge is 0.0198 e. The van der Waals surface area contributed by atoms with E-state index in [4.69, 9.17) is 0 Å². The number of nitrogens with one attached hydrogen (secondary N) is 1. The van der Waals surface area contributed by atoms with E-state index in [9.17, 15) is 0 Å². The molecule has 1 N–H and O–H groups in total. The number of hydrogen-bond donors (Lipinski definition) is 1. The Hall–Kier alpha value is -0.470. The van der Waals surface area contributed by atoms with E-state index in [0.717, 1.165) is 11.8 Å². The van der Waals surface area contributed by atoms with Crippen LogP contribution in [0.25, 0.3) is 0 Å². The average Bonchev–Trinajstić information content (AvgIpc) is 2.93. The van der Waals surface area contributed by atoms with Gasteiger partial charge in [0.2, 0.25) is 0 Å². The highest BCUT2D eigenvalue weighted by atomic mass is 32.2. The molecular weight excluding hydrogens is 274 g/mol. The summed E-state index contributed by atoms with van der Waals surface area (Å²) in [5.41, 5.74) is 5.86. The average molecular weight is 306 g/mol. The lowest BCUT2D eigenvalue weighted by molar-refractivity contribution is 0.569. The molecule has 1 aromatic rings. The zero-order chi connectivity index (χ0) is 15.2. The minimum Gasteiger partial charge on any atom is -0.313 e. The van der Waals surface area contributed by atoms with E-state index in [1.807, 2.05) is 0 Å². The molecule has 1 nitrogen and oxygen atoms in total. The monoisotopic (exact) mass is 305 g/mol. The molecule has 1 saturated carbocycles. The molecule has 0 saturated heterocycles. The molecule has 0 bridgehead atoms. The second kappa shape index (κ2) is 8.24. The second-order valence-electron chi connectivity index (χ2n) is 6.58. The zero-order valence-electron chi connectivity index (χ0n) is 14.2. The van der Waals surface area contributed by atoms with Gasteiger partial charge in [0.05, 0.1) is 0 Å². The maximum atomic E-state index is 3.70. The van der Waals surface area contributed by atoms with Gasteiger partial charge in [-0.25, -0.2) is 0 Å². The van der Waals surface area contributed by atoms with Crippen LogP contribution in [0.4, 0.5) is 0 Å². The quantitative estimate of drug-likeness (QED) is 0.776. The normalized spacial score (nSPS) is 17.3. The van der Waals surface area contributed by atoms with E-state index in [-0.39, 0.29) is 0 Å². The third-order valence-electron chi connectivity index (χ3n) is 4.62. The number of rotatable bonds is 7. The molecule has 1 fully saturated rings. The van der Waals surface area contributed by atoms with Gasteiger partial charge in [0, 0.05) is 17.0 Å². The van der Waals surface area contributed by atoms with E-state index < -0.39 is 0 Å². The first-order valence-corrected chi connectivity index (χ1v) is 9.56. The van der Waals surface area contributed by atoms with Gasteiger partial charge in [-0.15, -0.1) is 0 Å². The summed E-state index contributed by atoms with van der Waals surface area (Å²) in [7, 11) is 0. The van der Waals surface area contributed by atoms with Crippen molar-refractivity contribution >= 4 is 11.8 Å². The number of benzene rings is 1. The van der Waals surface area contributed by atoms with Gasteiger partial charge in [0.15, 0.2) is 0 Å². The Balaban J connectivity index is 1.98. The molecule has 2 heteroatoms. The maximum absolute atomic E-state index is 3.70. The van der Waals surface area contributed by atoms with Crippen LogP contribution >= 0.6 is 11.8 Å². The van der Waals surface area contributed by atoms with Gasteiger partial charge in [-0.2, -0.15) is 11.8 Å². The van der Waals surface area contributed by atoms with Crippen LogP contribution in [0.1, 0.15) is 54.9 Å². The maximum Gasteiger partial charge on any atom is 0.0198 e. The molecule has 0 amide bonds. The molecule has 0 heterocycles. The lowest BCUT2D eigenvalue weighted by atomic mass is 9.95. The van der Waals surface area contributed by atoms with Crippen LogP contribution in [-0.2, 0) is 6.42 Å². The predicted molar refractivity (Wildman–Crippen MR) is 96.5 cm³/mol. The molecule has 1 atom stereocenters. The van der Waals surface area contributed by atoms with Gasteiger partial charge < -0.3 is 5.32 Å². The van der Waals surface area contributed by atoms with Crippen molar-refractivity contribution < 1.29 is 0 Å². The summed E-state index contributed by atoms with van der Waals surface area (Å²) in [6.07, 6.45) is 6.93. The van der Waals surface area contributed by atoms with Gasteiger partial charge in [-0.1, -0.05) is 37.5 Å². The van der Waals surface area contributed by atoms with Crippen LogP contribution in [-0.4, -0.2) is 23.6 Å². The Morgan fingerprint density at radius 1 is 1.14 bits per heavy atom. The van der Waals surface area contributed by atoms with Crippen molar-refractivity contribution in [1.82, 2.24) is 5.32 Å². The second-order valence-corrected chi connectivity index (χ2v) is 7.91. The Morgan fingerprint density at radius 2 is 1.76 bits per heavy atom. The van der Waals surface area contributed by atoms with Crippen LogP contribution in [0.3, 0.4) is 0 Å². The molecule has 21 heavy (non-hydrogen) atoms.